The summed E-state index contributed by atoms with van der Waals surface area (Å²) in [6, 6.07) is 0. The number of carbonyl (C=O) groups is 2. The van der Waals surface area contributed by atoms with Gasteiger partial charge in [0, 0.05) is 19.4 Å². The zero-order chi connectivity index (χ0) is 49.2. The summed E-state index contributed by atoms with van der Waals surface area (Å²) in [5.74, 6) is -0.440. The van der Waals surface area contributed by atoms with Gasteiger partial charge in [-0.3, -0.25) is 9.59 Å². The summed E-state index contributed by atoms with van der Waals surface area (Å²) < 4.78 is 17.4. The molecule has 0 saturated heterocycles. The smallest absolute Gasteiger partial charge is 0.306 e. The molecule has 5 heteroatoms. The first-order chi connectivity index (χ1) is 33.6. The van der Waals surface area contributed by atoms with Gasteiger partial charge in [0.05, 0.1) is 6.61 Å². The van der Waals surface area contributed by atoms with Crippen molar-refractivity contribution in [2.45, 2.75) is 245 Å². The number of esters is 2. The first-order valence-corrected chi connectivity index (χ1v) is 28.1. The van der Waals surface area contributed by atoms with E-state index in [2.05, 4.69) is 142 Å². The van der Waals surface area contributed by atoms with E-state index in [1.54, 1.807) is 0 Å². The van der Waals surface area contributed by atoms with Crippen LogP contribution in [0.2, 0.25) is 0 Å². The lowest BCUT2D eigenvalue weighted by molar-refractivity contribution is -0.163. The van der Waals surface area contributed by atoms with Crippen molar-refractivity contribution in [1.82, 2.24) is 0 Å². The van der Waals surface area contributed by atoms with E-state index in [9.17, 15) is 9.59 Å². The quantitative estimate of drug-likeness (QED) is 0.0345. The Labute approximate surface area is 420 Å². The van der Waals surface area contributed by atoms with Crippen molar-refractivity contribution in [2.75, 3.05) is 19.8 Å². The van der Waals surface area contributed by atoms with Gasteiger partial charge in [0.15, 0.2) is 6.10 Å². The van der Waals surface area contributed by atoms with Gasteiger partial charge in [-0.1, -0.05) is 226 Å². The van der Waals surface area contributed by atoms with Gasteiger partial charge >= 0.3 is 11.9 Å². The summed E-state index contributed by atoms with van der Waals surface area (Å²) in [5.41, 5.74) is 0. The maximum absolute atomic E-state index is 12.8. The predicted octanol–water partition coefficient (Wildman–Crippen LogP) is 19.3. The summed E-state index contributed by atoms with van der Waals surface area (Å²) >= 11 is 0. The Kier molecular flexibility index (Phi) is 54.5. The SMILES string of the molecule is CC/C=C\C/C=C\C/C=C\C/C=C\CCCCCCCCCOCC(COC(=O)CCCCCCCC/C=C\C/C=C\C/C=C\C/C=C\CC)OC(=O)CCCCCCC/C=C\C/C=C\CCC. The third-order valence-corrected chi connectivity index (χ3v) is 11.4. The highest BCUT2D eigenvalue weighted by molar-refractivity contribution is 5.70. The van der Waals surface area contributed by atoms with Crippen molar-refractivity contribution in [2.24, 2.45) is 0 Å². The van der Waals surface area contributed by atoms with Gasteiger partial charge < -0.3 is 14.2 Å². The first-order valence-electron chi connectivity index (χ1n) is 28.1. The monoisotopic (exact) mass is 941 g/mol. The lowest BCUT2D eigenvalue weighted by Crippen LogP contribution is -2.30. The fourth-order valence-corrected chi connectivity index (χ4v) is 7.35. The molecule has 1 unspecified atom stereocenters. The molecule has 0 aliphatic rings. The van der Waals surface area contributed by atoms with Gasteiger partial charge in [0.1, 0.15) is 6.61 Å². The molecule has 0 aromatic heterocycles. The van der Waals surface area contributed by atoms with Gasteiger partial charge in [-0.25, -0.2) is 0 Å². The van der Waals surface area contributed by atoms with E-state index in [1.165, 1.54) is 70.6 Å². The molecule has 0 fully saturated rings. The van der Waals surface area contributed by atoms with Crippen molar-refractivity contribution in [3.05, 3.63) is 122 Å². The zero-order valence-corrected chi connectivity index (χ0v) is 44.3. The second kappa shape index (κ2) is 57.6. The Balaban J connectivity index is 4.33. The van der Waals surface area contributed by atoms with Crippen LogP contribution in [-0.4, -0.2) is 37.9 Å². The molecule has 0 spiro atoms. The van der Waals surface area contributed by atoms with Gasteiger partial charge in [-0.05, 0) is 122 Å². The maximum Gasteiger partial charge on any atom is 0.306 e. The molecule has 0 amide bonds. The van der Waals surface area contributed by atoms with Crippen LogP contribution in [0.25, 0.3) is 0 Å². The second-order valence-electron chi connectivity index (χ2n) is 18.1. The largest absolute Gasteiger partial charge is 0.462 e. The Morgan fingerprint density at radius 1 is 0.338 bits per heavy atom. The lowest BCUT2D eigenvalue weighted by atomic mass is 10.1. The number of carbonyl (C=O) groups excluding carboxylic acids is 2. The van der Waals surface area contributed by atoms with Crippen LogP contribution in [-0.2, 0) is 23.8 Å². The van der Waals surface area contributed by atoms with Crippen molar-refractivity contribution in [3.63, 3.8) is 0 Å². The zero-order valence-electron chi connectivity index (χ0n) is 44.3. The molecule has 0 N–H and O–H groups in total. The Morgan fingerprint density at radius 2 is 0.662 bits per heavy atom. The molecular formula is C63H104O5. The number of unbranched alkanes of at least 4 members (excludes halogenated alkanes) is 19. The minimum absolute atomic E-state index is 0.0602. The highest BCUT2D eigenvalue weighted by Crippen LogP contribution is 2.13. The molecule has 0 heterocycles. The normalized spacial score (nSPS) is 13.2. The molecule has 0 rings (SSSR count). The molecule has 0 bridgehead atoms. The molecule has 68 heavy (non-hydrogen) atoms. The molecule has 0 aromatic rings. The molecule has 5 nitrogen and oxygen atoms in total. The van der Waals surface area contributed by atoms with Crippen LogP contribution >= 0.6 is 0 Å². The van der Waals surface area contributed by atoms with E-state index in [1.807, 2.05) is 0 Å². The number of allylic oxidation sites excluding steroid dienone is 20. The fourth-order valence-electron chi connectivity index (χ4n) is 7.35. The van der Waals surface area contributed by atoms with Crippen LogP contribution in [0, 0.1) is 0 Å². The minimum Gasteiger partial charge on any atom is -0.462 e. The molecule has 386 valence electrons. The summed E-state index contributed by atoms with van der Waals surface area (Å²) in [5, 5.41) is 0. The van der Waals surface area contributed by atoms with Crippen molar-refractivity contribution in [3.8, 4) is 0 Å². The van der Waals surface area contributed by atoms with Crippen LogP contribution < -0.4 is 0 Å². The summed E-state index contributed by atoms with van der Waals surface area (Å²) in [6.45, 7) is 7.48. The Bertz CT molecular complexity index is 1390. The van der Waals surface area contributed by atoms with Gasteiger partial charge in [0.2, 0.25) is 0 Å². The van der Waals surface area contributed by atoms with E-state index >= 15 is 0 Å². The molecule has 0 aliphatic heterocycles. The maximum atomic E-state index is 12.8. The average molecular weight is 942 g/mol. The van der Waals surface area contributed by atoms with E-state index in [0.29, 0.717) is 19.4 Å². The van der Waals surface area contributed by atoms with E-state index < -0.39 is 6.10 Å². The second-order valence-corrected chi connectivity index (χ2v) is 18.1. The highest BCUT2D eigenvalue weighted by atomic mass is 16.6. The summed E-state index contributed by atoms with van der Waals surface area (Å²) in [6.07, 6.45) is 80.7. The summed E-state index contributed by atoms with van der Waals surface area (Å²) in [7, 11) is 0. The van der Waals surface area contributed by atoms with Crippen LogP contribution in [0.1, 0.15) is 239 Å². The van der Waals surface area contributed by atoms with Crippen LogP contribution in [0.15, 0.2) is 122 Å². The van der Waals surface area contributed by atoms with Crippen molar-refractivity contribution in [1.29, 1.82) is 0 Å². The van der Waals surface area contributed by atoms with Crippen molar-refractivity contribution < 1.29 is 23.8 Å². The molecule has 0 aliphatic carbocycles. The number of ether oxygens (including phenoxy) is 3. The number of hydrogen-bond acceptors (Lipinski definition) is 5. The van der Waals surface area contributed by atoms with E-state index in [4.69, 9.17) is 14.2 Å². The molecule has 0 saturated carbocycles. The standard InChI is InChI=1S/C63H104O5/c1-4-7-10-13-16-19-22-25-27-29-31-33-35-37-40-43-46-49-52-55-58-66-59-61(68-63(65)57-54-51-48-45-42-38-24-21-18-15-12-9-6-3)60-67-62(64)56-53-50-47-44-41-39-36-34-32-30-28-26-23-20-17-14-11-8-5-2/h7-8,10-12,15-17,19-21,24-28,31-34,61H,4-6,9,13-14,18,22-23,29-30,35-60H2,1-3H3/b10-7-,11-8-,15-12-,19-16-,20-17-,24-21-,27-25-,28-26-,33-31-,34-32-. The highest BCUT2D eigenvalue weighted by Gasteiger charge is 2.17. The van der Waals surface area contributed by atoms with Gasteiger partial charge in [0.25, 0.3) is 0 Å². The predicted molar refractivity (Wildman–Crippen MR) is 297 cm³/mol. The molecule has 1 atom stereocenters. The van der Waals surface area contributed by atoms with E-state index in [-0.39, 0.29) is 25.2 Å². The minimum atomic E-state index is -0.564. The topological polar surface area (TPSA) is 61.8 Å². The first kappa shape index (κ1) is 64.3. The lowest BCUT2D eigenvalue weighted by Gasteiger charge is -2.18. The molecule has 0 aromatic carbocycles. The van der Waals surface area contributed by atoms with Crippen molar-refractivity contribution >= 4 is 11.9 Å². The summed E-state index contributed by atoms with van der Waals surface area (Å²) in [4.78, 5) is 25.5. The fraction of sp³-hybridized carbons (Fsp3) is 0.651. The Morgan fingerprint density at radius 3 is 1.06 bits per heavy atom. The van der Waals surface area contributed by atoms with Crippen LogP contribution in [0.5, 0.6) is 0 Å². The van der Waals surface area contributed by atoms with Crippen LogP contribution in [0.3, 0.4) is 0 Å². The number of rotatable bonds is 50. The Hall–Kier alpha value is -3.70. The van der Waals surface area contributed by atoms with Gasteiger partial charge in [-0.2, -0.15) is 0 Å². The third-order valence-electron chi connectivity index (χ3n) is 11.4. The molecular weight excluding hydrogens is 837 g/mol. The average Bonchev–Trinajstić information content (AvgIpc) is 3.34. The van der Waals surface area contributed by atoms with Crippen LogP contribution in [0.4, 0.5) is 0 Å². The van der Waals surface area contributed by atoms with E-state index in [0.717, 1.165) is 135 Å². The third kappa shape index (κ3) is 54.9. The number of hydrogen-bond donors (Lipinski definition) is 0. The van der Waals surface area contributed by atoms with Gasteiger partial charge in [-0.15, -0.1) is 0 Å². The molecule has 0 radical (unpaired) electrons.